The van der Waals surface area contributed by atoms with Crippen molar-refractivity contribution in [1.29, 1.82) is 0 Å². The minimum atomic E-state index is -1.44. The molecular weight excluding hydrogens is 301 g/mol. The Labute approximate surface area is 134 Å². The fourth-order valence-corrected chi connectivity index (χ4v) is 3.00. The smallest absolute Gasteiger partial charge is 0.194 e. The molecular formula is C19H19F3O. The van der Waals surface area contributed by atoms with Crippen LogP contribution in [0.2, 0.25) is 0 Å². The van der Waals surface area contributed by atoms with Gasteiger partial charge in [0.2, 0.25) is 0 Å². The van der Waals surface area contributed by atoms with Gasteiger partial charge in [-0.2, -0.15) is 0 Å². The topological polar surface area (TPSA) is 9.23 Å². The van der Waals surface area contributed by atoms with Crippen molar-refractivity contribution in [2.24, 2.45) is 5.92 Å². The number of rotatable bonds is 3. The molecule has 0 saturated carbocycles. The molecule has 1 aliphatic rings. The van der Waals surface area contributed by atoms with Crippen LogP contribution in [0.3, 0.4) is 0 Å². The molecule has 2 aromatic carbocycles. The molecule has 0 radical (unpaired) electrons. The number of benzene rings is 2. The lowest BCUT2D eigenvalue weighted by Gasteiger charge is -2.28. The molecule has 1 nitrogen and oxygen atoms in total. The Hall–Kier alpha value is -1.81. The zero-order chi connectivity index (χ0) is 16.4. The summed E-state index contributed by atoms with van der Waals surface area (Å²) in [5.41, 5.74) is 2.03. The fourth-order valence-electron chi connectivity index (χ4n) is 3.00. The molecule has 1 saturated heterocycles. The summed E-state index contributed by atoms with van der Waals surface area (Å²) in [7, 11) is 0. The zero-order valence-electron chi connectivity index (χ0n) is 13.0. The molecule has 122 valence electrons. The van der Waals surface area contributed by atoms with Crippen molar-refractivity contribution in [1.82, 2.24) is 0 Å². The Morgan fingerprint density at radius 3 is 2.13 bits per heavy atom. The number of hydrogen-bond acceptors (Lipinski definition) is 1. The average Bonchev–Trinajstić information content (AvgIpc) is 2.59. The quantitative estimate of drug-likeness (QED) is 0.664. The van der Waals surface area contributed by atoms with Crippen LogP contribution in [-0.2, 0) is 4.74 Å². The Balaban J connectivity index is 1.77. The maximum Gasteiger partial charge on any atom is 0.194 e. The molecule has 3 rings (SSSR count). The van der Waals surface area contributed by atoms with Gasteiger partial charge in [-0.25, -0.2) is 13.2 Å². The Bertz CT molecular complexity index is 651. The van der Waals surface area contributed by atoms with Crippen molar-refractivity contribution >= 4 is 0 Å². The number of halogens is 3. The summed E-state index contributed by atoms with van der Waals surface area (Å²) in [5.74, 6) is -3.15. The predicted molar refractivity (Wildman–Crippen MR) is 83.5 cm³/mol. The second-order valence-corrected chi connectivity index (χ2v) is 6.05. The van der Waals surface area contributed by atoms with Gasteiger partial charge in [0.25, 0.3) is 0 Å². The lowest BCUT2D eigenvalue weighted by Crippen LogP contribution is -2.20. The Morgan fingerprint density at radius 2 is 1.61 bits per heavy atom. The van der Waals surface area contributed by atoms with E-state index < -0.39 is 17.5 Å². The third-order valence-corrected chi connectivity index (χ3v) is 4.55. The van der Waals surface area contributed by atoms with Gasteiger partial charge in [-0.3, -0.25) is 0 Å². The first kappa shape index (κ1) is 16.1. The first-order valence-corrected chi connectivity index (χ1v) is 7.95. The molecule has 1 fully saturated rings. The first-order chi connectivity index (χ1) is 11.1. The summed E-state index contributed by atoms with van der Waals surface area (Å²) in [4.78, 5) is 0. The molecule has 0 amide bonds. The van der Waals surface area contributed by atoms with Crippen molar-refractivity contribution < 1.29 is 17.9 Å². The summed E-state index contributed by atoms with van der Waals surface area (Å²) in [6.07, 6.45) is 3.34. The summed E-state index contributed by atoms with van der Waals surface area (Å²) >= 11 is 0. The van der Waals surface area contributed by atoms with E-state index in [9.17, 15) is 13.2 Å². The standard InChI is InChI=1S/C19H19F3O/c1-2-12-3-8-18(23-11-12)14-6-4-13(5-7-14)15-9-16(20)19(22)17(21)10-15/h4-7,9-10,12,18H,2-3,8,11H2,1H3. The van der Waals surface area contributed by atoms with E-state index in [1.54, 1.807) is 12.1 Å². The molecule has 1 heterocycles. The maximum atomic E-state index is 13.3. The van der Waals surface area contributed by atoms with Crippen molar-refractivity contribution in [3.63, 3.8) is 0 Å². The van der Waals surface area contributed by atoms with E-state index >= 15 is 0 Å². The molecule has 0 N–H and O–H groups in total. The summed E-state index contributed by atoms with van der Waals surface area (Å²) in [6, 6.07) is 9.41. The zero-order valence-corrected chi connectivity index (χ0v) is 13.0. The summed E-state index contributed by atoms with van der Waals surface area (Å²) < 4.78 is 45.6. The van der Waals surface area contributed by atoms with Crippen LogP contribution in [0, 0.1) is 23.4 Å². The van der Waals surface area contributed by atoms with Gasteiger partial charge in [0, 0.05) is 0 Å². The van der Waals surface area contributed by atoms with Crippen LogP contribution in [0.4, 0.5) is 13.2 Å². The molecule has 2 atom stereocenters. The van der Waals surface area contributed by atoms with Crippen molar-refractivity contribution in [2.45, 2.75) is 32.3 Å². The molecule has 1 aliphatic heterocycles. The molecule has 2 unspecified atom stereocenters. The van der Waals surface area contributed by atoms with Crippen LogP contribution in [-0.4, -0.2) is 6.61 Å². The van der Waals surface area contributed by atoms with Crippen LogP contribution >= 0.6 is 0 Å². The molecule has 23 heavy (non-hydrogen) atoms. The predicted octanol–water partition coefficient (Wildman–Crippen LogP) is 5.65. The number of ether oxygens (including phenoxy) is 1. The molecule has 0 bridgehead atoms. The van der Waals surface area contributed by atoms with Gasteiger partial charge in [-0.1, -0.05) is 37.6 Å². The lowest BCUT2D eigenvalue weighted by atomic mass is 9.92. The highest BCUT2D eigenvalue weighted by Crippen LogP contribution is 2.33. The molecule has 0 aliphatic carbocycles. The summed E-state index contributed by atoms with van der Waals surface area (Å²) in [6.45, 7) is 2.95. The van der Waals surface area contributed by atoms with Crippen LogP contribution < -0.4 is 0 Å². The first-order valence-electron chi connectivity index (χ1n) is 7.95. The normalized spacial score (nSPS) is 21.4. The van der Waals surface area contributed by atoms with Gasteiger partial charge >= 0.3 is 0 Å². The van der Waals surface area contributed by atoms with Gasteiger partial charge in [0.1, 0.15) is 0 Å². The van der Waals surface area contributed by atoms with E-state index in [-0.39, 0.29) is 6.10 Å². The molecule has 2 aromatic rings. The lowest BCUT2D eigenvalue weighted by molar-refractivity contribution is -0.0180. The van der Waals surface area contributed by atoms with Crippen molar-refractivity contribution in [3.8, 4) is 11.1 Å². The van der Waals surface area contributed by atoms with E-state index in [1.165, 1.54) is 0 Å². The van der Waals surface area contributed by atoms with Gasteiger partial charge in [0.05, 0.1) is 12.7 Å². The highest BCUT2D eigenvalue weighted by Gasteiger charge is 2.21. The van der Waals surface area contributed by atoms with Crippen LogP contribution in [0.15, 0.2) is 36.4 Å². The monoisotopic (exact) mass is 320 g/mol. The second-order valence-electron chi connectivity index (χ2n) is 6.05. The van der Waals surface area contributed by atoms with Crippen LogP contribution in [0.25, 0.3) is 11.1 Å². The highest BCUT2D eigenvalue weighted by molar-refractivity contribution is 5.64. The van der Waals surface area contributed by atoms with E-state index in [0.29, 0.717) is 17.0 Å². The minimum absolute atomic E-state index is 0.0774. The van der Waals surface area contributed by atoms with Gasteiger partial charge in [-0.05, 0) is 47.6 Å². The highest BCUT2D eigenvalue weighted by atomic mass is 19.2. The van der Waals surface area contributed by atoms with E-state index in [4.69, 9.17) is 4.74 Å². The maximum absolute atomic E-state index is 13.3. The molecule has 4 heteroatoms. The minimum Gasteiger partial charge on any atom is -0.373 e. The van der Waals surface area contributed by atoms with Crippen molar-refractivity contribution in [3.05, 3.63) is 59.4 Å². The summed E-state index contributed by atoms with van der Waals surface area (Å²) in [5, 5.41) is 0. The fraction of sp³-hybridized carbons (Fsp3) is 0.368. The van der Waals surface area contributed by atoms with E-state index in [1.807, 2.05) is 12.1 Å². The third kappa shape index (κ3) is 3.42. The SMILES string of the molecule is CCC1CCC(c2ccc(-c3cc(F)c(F)c(F)c3)cc2)OC1. The van der Waals surface area contributed by atoms with Crippen LogP contribution in [0.5, 0.6) is 0 Å². The van der Waals surface area contributed by atoms with E-state index in [2.05, 4.69) is 6.92 Å². The second kappa shape index (κ2) is 6.75. The van der Waals surface area contributed by atoms with Crippen molar-refractivity contribution in [2.75, 3.05) is 6.61 Å². The van der Waals surface area contributed by atoms with E-state index in [0.717, 1.165) is 43.6 Å². The third-order valence-electron chi connectivity index (χ3n) is 4.55. The van der Waals surface area contributed by atoms with Crippen LogP contribution in [0.1, 0.15) is 37.9 Å². The molecule has 0 aromatic heterocycles. The number of hydrogen-bond donors (Lipinski definition) is 0. The van der Waals surface area contributed by atoms with Gasteiger partial charge in [-0.15, -0.1) is 0 Å². The Morgan fingerprint density at radius 1 is 0.957 bits per heavy atom. The average molecular weight is 320 g/mol. The van der Waals surface area contributed by atoms with Gasteiger partial charge in [0.15, 0.2) is 17.5 Å². The largest absolute Gasteiger partial charge is 0.373 e. The molecule has 0 spiro atoms. The van der Waals surface area contributed by atoms with Gasteiger partial charge < -0.3 is 4.74 Å². The Kier molecular flexibility index (Phi) is 4.71.